The third-order valence-electron chi connectivity index (χ3n) is 8.76. The zero-order valence-electron chi connectivity index (χ0n) is 31.7. The fourth-order valence-electron chi connectivity index (χ4n) is 5.66. The molecule has 0 aliphatic heterocycles. The third-order valence-corrected chi connectivity index (χ3v) is 8.76. The summed E-state index contributed by atoms with van der Waals surface area (Å²) in [5, 5.41) is 20.5. The van der Waals surface area contributed by atoms with Gasteiger partial charge in [-0.2, -0.15) is 0 Å². The first-order valence-electron chi connectivity index (χ1n) is 18.0. The molecule has 2 rings (SSSR count). The van der Waals surface area contributed by atoms with Crippen LogP contribution in [0.15, 0.2) is 25.3 Å². The summed E-state index contributed by atoms with van der Waals surface area (Å²) in [4.78, 5) is 49.7. The van der Waals surface area contributed by atoms with Crippen molar-refractivity contribution in [1.29, 1.82) is 0 Å². The molecule has 0 aromatic heterocycles. The highest BCUT2D eigenvalue weighted by atomic mass is 16.7. The lowest BCUT2D eigenvalue weighted by atomic mass is 9.85. The van der Waals surface area contributed by atoms with E-state index in [1.165, 1.54) is 27.7 Å². The molecule has 2 N–H and O–H groups in total. The Morgan fingerprint density at radius 2 is 1.21 bits per heavy atom. The van der Waals surface area contributed by atoms with Crippen LogP contribution in [0.25, 0.3) is 0 Å². The summed E-state index contributed by atoms with van der Waals surface area (Å²) in [7, 11) is 0. The molecule has 0 aromatic carbocycles. The monoisotopic (exact) mass is 744 g/mol. The van der Waals surface area contributed by atoms with E-state index in [1.807, 2.05) is 0 Å². The van der Waals surface area contributed by atoms with Gasteiger partial charge in [0.15, 0.2) is 11.2 Å². The van der Waals surface area contributed by atoms with Gasteiger partial charge in [0.2, 0.25) is 0 Å². The van der Waals surface area contributed by atoms with Crippen LogP contribution in [0.2, 0.25) is 0 Å². The molecule has 0 amide bonds. The molecule has 2 saturated carbocycles. The minimum atomic E-state index is -1.36. The fraction of sp³-hybridized carbons (Fsp3) is 0.784. The number of aliphatic hydroxyl groups excluding tert-OH is 2. The molecule has 0 bridgehead atoms. The van der Waals surface area contributed by atoms with E-state index >= 15 is 0 Å². The van der Waals surface area contributed by atoms with Crippen LogP contribution in [0.4, 0.5) is 9.59 Å². The van der Waals surface area contributed by atoms with Crippen molar-refractivity contribution in [2.45, 2.75) is 141 Å². The molecule has 9 atom stereocenters. The van der Waals surface area contributed by atoms with E-state index in [0.29, 0.717) is 25.7 Å². The quantitative estimate of drug-likeness (QED) is 0.0761. The summed E-state index contributed by atoms with van der Waals surface area (Å²) < 4.78 is 48.3. The highest BCUT2D eigenvalue weighted by Gasteiger charge is 2.39. The Kier molecular flexibility index (Phi) is 18.5. The number of carbonyl (C=O) groups excluding carboxylic acids is 4. The molecule has 15 heteroatoms. The number of allylic oxidation sites excluding steroid dienone is 2. The first-order chi connectivity index (χ1) is 24.4. The van der Waals surface area contributed by atoms with Gasteiger partial charge in [-0.1, -0.05) is 12.2 Å². The number of esters is 2. The zero-order chi connectivity index (χ0) is 39.1. The third kappa shape index (κ3) is 15.8. The Morgan fingerprint density at radius 1 is 0.673 bits per heavy atom. The number of rotatable bonds is 20. The Hall–Kier alpha value is -3.24. The van der Waals surface area contributed by atoms with Gasteiger partial charge in [0.1, 0.15) is 37.6 Å². The molecule has 0 heterocycles. The molecule has 2 fully saturated rings. The van der Waals surface area contributed by atoms with Crippen LogP contribution in [0, 0.1) is 11.8 Å². The largest absolute Gasteiger partial charge is 0.508 e. The molecule has 298 valence electrons. The molecule has 0 aromatic rings. The van der Waals surface area contributed by atoms with E-state index in [-0.39, 0.29) is 44.9 Å². The SMILES string of the molecule is C=CC1CCC(OC(=O)C(C)(C)OCCOC(=O)OC(C)COCC(C)OC(=O)OCC(C)OC(C)(C)C(=O)OC2CC(C=C)CCC2O)C(O)C1. The Balaban J connectivity index is 1.58. The van der Waals surface area contributed by atoms with Gasteiger partial charge < -0.3 is 52.8 Å². The van der Waals surface area contributed by atoms with E-state index < -0.39 is 78.2 Å². The second-order valence-electron chi connectivity index (χ2n) is 14.5. The van der Waals surface area contributed by atoms with Gasteiger partial charge in [-0.25, -0.2) is 19.2 Å². The van der Waals surface area contributed by atoms with Gasteiger partial charge >= 0.3 is 24.2 Å². The van der Waals surface area contributed by atoms with Crippen molar-refractivity contribution in [3.8, 4) is 0 Å². The van der Waals surface area contributed by atoms with Gasteiger partial charge in [0.05, 0.1) is 38.1 Å². The molecule has 52 heavy (non-hydrogen) atoms. The van der Waals surface area contributed by atoms with Crippen LogP contribution < -0.4 is 0 Å². The Bertz CT molecular complexity index is 1170. The number of hydrogen-bond donors (Lipinski definition) is 2. The summed E-state index contributed by atoms with van der Waals surface area (Å²) in [5.41, 5.74) is -2.69. The fourth-order valence-corrected chi connectivity index (χ4v) is 5.66. The van der Waals surface area contributed by atoms with E-state index in [9.17, 15) is 29.4 Å². The average Bonchev–Trinajstić information content (AvgIpc) is 3.07. The molecule has 2 aliphatic rings. The molecule has 0 radical (unpaired) electrons. The van der Waals surface area contributed by atoms with Gasteiger partial charge in [-0.05, 0) is 98.8 Å². The maximum Gasteiger partial charge on any atom is 0.508 e. The lowest BCUT2D eigenvalue weighted by Crippen LogP contribution is -2.45. The molecule has 2 aliphatic carbocycles. The zero-order valence-corrected chi connectivity index (χ0v) is 31.7. The summed E-state index contributed by atoms with van der Waals surface area (Å²) >= 11 is 0. The number of aliphatic hydroxyl groups is 2. The summed E-state index contributed by atoms with van der Waals surface area (Å²) in [6.07, 6.45) is 0.338. The van der Waals surface area contributed by atoms with E-state index in [4.69, 9.17) is 42.6 Å². The maximum absolute atomic E-state index is 12.8. The second-order valence-corrected chi connectivity index (χ2v) is 14.5. The first kappa shape index (κ1) is 44.9. The first-order valence-corrected chi connectivity index (χ1v) is 18.0. The topological polar surface area (TPSA) is 192 Å². The van der Waals surface area contributed by atoms with Crippen molar-refractivity contribution in [3.63, 3.8) is 0 Å². The van der Waals surface area contributed by atoms with Crippen LogP contribution in [0.1, 0.15) is 87.0 Å². The van der Waals surface area contributed by atoms with Gasteiger partial charge in [0.25, 0.3) is 0 Å². The lowest BCUT2D eigenvalue weighted by molar-refractivity contribution is -0.189. The number of ether oxygens (including phenoxy) is 9. The minimum Gasteiger partial charge on any atom is -0.457 e. The van der Waals surface area contributed by atoms with E-state index in [2.05, 4.69) is 13.2 Å². The van der Waals surface area contributed by atoms with Crippen molar-refractivity contribution in [2.24, 2.45) is 11.8 Å². The van der Waals surface area contributed by atoms with Crippen LogP contribution in [-0.4, -0.2) is 121 Å². The van der Waals surface area contributed by atoms with Gasteiger partial charge in [0, 0.05) is 0 Å². The van der Waals surface area contributed by atoms with Crippen molar-refractivity contribution in [3.05, 3.63) is 25.3 Å². The smallest absolute Gasteiger partial charge is 0.457 e. The van der Waals surface area contributed by atoms with Crippen LogP contribution in [0.3, 0.4) is 0 Å². The van der Waals surface area contributed by atoms with Crippen molar-refractivity contribution >= 4 is 24.2 Å². The Labute approximate surface area is 307 Å². The standard InChI is InChI=1S/C37H60O15/c1-10-26-13-15-30(29(39)18-26)50-32(40)36(6,7)47-17-16-45-34(42)48-23(3)20-44-21-24(4)49-35(43)46-22-25(5)52-37(8,9)33(41)51-31-19-27(11-2)12-14-28(31)38/h10-11,23-31,38-39H,1-2,12-22H2,3-9H3. The highest BCUT2D eigenvalue weighted by Crippen LogP contribution is 2.30. The minimum absolute atomic E-state index is 0.0179. The molecule has 15 nitrogen and oxygen atoms in total. The lowest BCUT2D eigenvalue weighted by Gasteiger charge is -2.34. The number of hydrogen-bond acceptors (Lipinski definition) is 15. The molecular formula is C37H60O15. The van der Waals surface area contributed by atoms with Crippen molar-refractivity contribution in [2.75, 3.05) is 33.0 Å². The predicted octanol–water partition coefficient (Wildman–Crippen LogP) is 4.58. The number of carbonyl (C=O) groups is 4. The summed E-state index contributed by atoms with van der Waals surface area (Å²) in [6.45, 7) is 17.9. The second kappa shape index (κ2) is 21.5. The highest BCUT2D eigenvalue weighted by molar-refractivity contribution is 5.79. The van der Waals surface area contributed by atoms with E-state index in [1.54, 1.807) is 32.9 Å². The van der Waals surface area contributed by atoms with Crippen molar-refractivity contribution in [1.82, 2.24) is 0 Å². The van der Waals surface area contributed by atoms with Gasteiger partial charge in [-0.3, -0.25) is 0 Å². The normalized spacial score (nSPS) is 25.4. The maximum atomic E-state index is 12.8. The molecule has 0 spiro atoms. The molecule has 0 saturated heterocycles. The summed E-state index contributed by atoms with van der Waals surface area (Å²) in [6, 6.07) is 0. The van der Waals surface area contributed by atoms with E-state index in [0.717, 1.165) is 12.8 Å². The Morgan fingerprint density at radius 3 is 1.81 bits per heavy atom. The predicted molar refractivity (Wildman–Crippen MR) is 186 cm³/mol. The van der Waals surface area contributed by atoms with Crippen molar-refractivity contribution < 1.29 is 72.0 Å². The average molecular weight is 745 g/mol. The van der Waals surface area contributed by atoms with Gasteiger partial charge in [-0.15, -0.1) is 13.2 Å². The summed E-state index contributed by atoms with van der Waals surface area (Å²) in [5.74, 6) is -0.923. The molecule has 9 unspecified atom stereocenters. The van der Waals surface area contributed by atoms with Crippen LogP contribution in [-0.2, 0) is 52.2 Å². The van der Waals surface area contributed by atoms with Crippen LogP contribution >= 0.6 is 0 Å². The molecular weight excluding hydrogens is 684 g/mol. The van der Waals surface area contributed by atoms with Crippen LogP contribution in [0.5, 0.6) is 0 Å².